The van der Waals surface area contributed by atoms with Crippen molar-refractivity contribution in [1.29, 1.82) is 0 Å². The molecule has 3 heteroatoms. The summed E-state index contributed by atoms with van der Waals surface area (Å²) in [4.78, 5) is 0. The summed E-state index contributed by atoms with van der Waals surface area (Å²) in [6.45, 7) is 1.43. The molecule has 13 heavy (non-hydrogen) atoms. The van der Waals surface area contributed by atoms with E-state index in [0.29, 0.717) is 12.5 Å². The number of fused-ring (bicyclic) bond motifs is 1. The van der Waals surface area contributed by atoms with E-state index in [-0.39, 0.29) is 0 Å². The smallest absolute Gasteiger partial charge is 0.165 e. The zero-order valence-electron chi connectivity index (χ0n) is 7.25. The van der Waals surface area contributed by atoms with Gasteiger partial charge in [0.2, 0.25) is 0 Å². The summed E-state index contributed by atoms with van der Waals surface area (Å²) in [5, 5.41) is 0. The van der Waals surface area contributed by atoms with E-state index < -0.39 is 0 Å². The minimum atomic E-state index is 0.465. The van der Waals surface area contributed by atoms with Gasteiger partial charge in [0.25, 0.3) is 0 Å². The highest BCUT2D eigenvalue weighted by atomic mass is 35.5. The SMILES string of the molecule is ClCc1cccc2c1OCCCO2. The number of rotatable bonds is 1. The second-order valence-corrected chi connectivity index (χ2v) is 3.20. The Kier molecular flexibility index (Phi) is 2.60. The maximum Gasteiger partial charge on any atom is 0.165 e. The van der Waals surface area contributed by atoms with E-state index >= 15 is 0 Å². The first-order chi connectivity index (χ1) is 6.42. The molecular weight excluding hydrogens is 188 g/mol. The number of benzene rings is 1. The molecule has 0 radical (unpaired) electrons. The first-order valence-electron chi connectivity index (χ1n) is 4.35. The van der Waals surface area contributed by atoms with Crippen molar-refractivity contribution in [2.45, 2.75) is 12.3 Å². The van der Waals surface area contributed by atoms with E-state index in [4.69, 9.17) is 21.1 Å². The highest BCUT2D eigenvalue weighted by Gasteiger charge is 2.12. The molecule has 0 spiro atoms. The fourth-order valence-electron chi connectivity index (χ4n) is 1.36. The van der Waals surface area contributed by atoms with Crippen molar-refractivity contribution in [2.75, 3.05) is 13.2 Å². The molecule has 0 amide bonds. The van der Waals surface area contributed by atoms with Gasteiger partial charge in [0, 0.05) is 12.0 Å². The second-order valence-electron chi connectivity index (χ2n) is 2.93. The van der Waals surface area contributed by atoms with Crippen LogP contribution in [0, 0.1) is 0 Å². The monoisotopic (exact) mass is 198 g/mol. The standard InChI is InChI=1S/C10H11ClO2/c11-7-8-3-1-4-9-10(8)13-6-2-5-12-9/h1,3-4H,2,5-7H2. The van der Waals surface area contributed by atoms with Gasteiger partial charge in [-0.15, -0.1) is 11.6 Å². The first-order valence-corrected chi connectivity index (χ1v) is 4.88. The zero-order valence-corrected chi connectivity index (χ0v) is 8.01. The van der Waals surface area contributed by atoms with Gasteiger partial charge in [-0.1, -0.05) is 12.1 Å². The van der Waals surface area contributed by atoms with Gasteiger partial charge in [0.05, 0.1) is 19.1 Å². The molecule has 1 aliphatic rings. The molecule has 70 valence electrons. The molecule has 0 fully saturated rings. The fraction of sp³-hybridized carbons (Fsp3) is 0.400. The van der Waals surface area contributed by atoms with E-state index in [1.54, 1.807) is 0 Å². The molecule has 0 N–H and O–H groups in total. The summed E-state index contributed by atoms with van der Waals surface area (Å²) in [5.41, 5.74) is 1.00. The lowest BCUT2D eigenvalue weighted by Crippen LogP contribution is -1.98. The van der Waals surface area contributed by atoms with Crippen molar-refractivity contribution in [3.63, 3.8) is 0 Å². The second kappa shape index (κ2) is 3.88. The van der Waals surface area contributed by atoms with Gasteiger partial charge in [-0.3, -0.25) is 0 Å². The molecule has 0 bridgehead atoms. The Morgan fingerprint density at radius 2 is 2.08 bits per heavy atom. The Balaban J connectivity index is 2.40. The summed E-state index contributed by atoms with van der Waals surface area (Å²) < 4.78 is 11.1. The van der Waals surface area contributed by atoms with Crippen LogP contribution in [0.15, 0.2) is 18.2 Å². The quantitative estimate of drug-likeness (QED) is 0.646. The van der Waals surface area contributed by atoms with Gasteiger partial charge in [-0.2, -0.15) is 0 Å². The highest BCUT2D eigenvalue weighted by molar-refractivity contribution is 6.17. The summed E-state index contributed by atoms with van der Waals surface area (Å²) >= 11 is 5.78. The lowest BCUT2D eigenvalue weighted by molar-refractivity contribution is 0.296. The van der Waals surface area contributed by atoms with Crippen LogP contribution < -0.4 is 9.47 Å². The largest absolute Gasteiger partial charge is 0.490 e. The van der Waals surface area contributed by atoms with Gasteiger partial charge in [-0.25, -0.2) is 0 Å². The van der Waals surface area contributed by atoms with Crippen LogP contribution in [-0.4, -0.2) is 13.2 Å². The highest BCUT2D eigenvalue weighted by Crippen LogP contribution is 2.33. The van der Waals surface area contributed by atoms with Crippen molar-refractivity contribution < 1.29 is 9.47 Å². The average Bonchev–Trinajstić information content (AvgIpc) is 2.41. The molecule has 0 aliphatic carbocycles. The topological polar surface area (TPSA) is 18.5 Å². The summed E-state index contributed by atoms with van der Waals surface area (Å²) in [6, 6.07) is 5.81. The minimum absolute atomic E-state index is 0.465. The van der Waals surface area contributed by atoms with E-state index in [0.717, 1.165) is 30.1 Å². The number of hydrogen-bond donors (Lipinski definition) is 0. The third-order valence-corrected chi connectivity index (χ3v) is 2.28. The summed E-state index contributed by atoms with van der Waals surface area (Å²) in [6.07, 6.45) is 0.927. The maximum atomic E-state index is 5.78. The van der Waals surface area contributed by atoms with Crippen LogP contribution in [0.2, 0.25) is 0 Å². The number of halogens is 1. The molecule has 2 nitrogen and oxygen atoms in total. The Morgan fingerprint density at radius 3 is 2.92 bits per heavy atom. The van der Waals surface area contributed by atoms with E-state index in [2.05, 4.69) is 0 Å². The maximum absolute atomic E-state index is 5.78. The first kappa shape index (κ1) is 8.70. The van der Waals surface area contributed by atoms with Crippen molar-refractivity contribution >= 4 is 11.6 Å². The van der Waals surface area contributed by atoms with E-state index in [1.807, 2.05) is 18.2 Å². The molecular formula is C10H11ClO2. The molecule has 0 saturated carbocycles. The van der Waals surface area contributed by atoms with Crippen molar-refractivity contribution in [3.8, 4) is 11.5 Å². The summed E-state index contributed by atoms with van der Waals surface area (Å²) in [7, 11) is 0. The van der Waals surface area contributed by atoms with Crippen LogP contribution in [0.1, 0.15) is 12.0 Å². The molecule has 0 saturated heterocycles. The van der Waals surface area contributed by atoms with Gasteiger partial charge in [0.15, 0.2) is 11.5 Å². The van der Waals surface area contributed by atoms with Crippen LogP contribution in [0.4, 0.5) is 0 Å². The molecule has 0 unspecified atom stereocenters. The van der Waals surface area contributed by atoms with Gasteiger partial charge in [-0.05, 0) is 6.07 Å². The van der Waals surface area contributed by atoms with Crippen LogP contribution in [0.3, 0.4) is 0 Å². The molecule has 1 aromatic carbocycles. The van der Waals surface area contributed by atoms with Crippen molar-refractivity contribution in [2.24, 2.45) is 0 Å². The number of ether oxygens (including phenoxy) is 2. The Morgan fingerprint density at radius 1 is 1.23 bits per heavy atom. The summed E-state index contributed by atoms with van der Waals surface area (Å²) in [5.74, 6) is 2.10. The van der Waals surface area contributed by atoms with Crippen LogP contribution in [-0.2, 0) is 5.88 Å². The lowest BCUT2D eigenvalue weighted by atomic mass is 10.2. The van der Waals surface area contributed by atoms with Crippen molar-refractivity contribution in [3.05, 3.63) is 23.8 Å². The van der Waals surface area contributed by atoms with Gasteiger partial charge < -0.3 is 9.47 Å². The predicted molar refractivity (Wildman–Crippen MR) is 51.6 cm³/mol. The molecule has 0 aromatic heterocycles. The molecule has 2 rings (SSSR count). The number of alkyl halides is 1. The van der Waals surface area contributed by atoms with Gasteiger partial charge >= 0.3 is 0 Å². The molecule has 1 aromatic rings. The molecule has 0 atom stereocenters. The third-order valence-electron chi connectivity index (χ3n) is 2.00. The molecule has 1 heterocycles. The lowest BCUT2D eigenvalue weighted by Gasteiger charge is -2.09. The fourth-order valence-corrected chi connectivity index (χ4v) is 1.57. The number of hydrogen-bond acceptors (Lipinski definition) is 2. The van der Waals surface area contributed by atoms with Crippen LogP contribution in [0.5, 0.6) is 11.5 Å². The Bertz CT molecular complexity index is 299. The van der Waals surface area contributed by atoms with Crippen LogP contribution in [0.25, 0.3) is 0 Å². The van der Waals surface area contributed by atoms with E-state index in [9.17, 15) is 0 Å². The predicted octanol–water partition coefficient (Wildman–Crippen LogP) is 2.59. The van der Waals surface area contributed by atoms with Crippen LogP contribution >= 0.6 is 11.6 Å². The Labute approximate surface area is 82.4 Å². The average molecular weight is 199 g/mol. The zero-order chi connectivity index (χ0) is 9.10. The Hall–Kier alpha value is -0.890. The van der Waals surface area contributed by atoms with E-state index in [1.165, 1.54) is 0 Å². The van der Waals surface area contributed by atoms with Gasteiger partial charge in [0.1, 0.15) is 0 Å². The molecule has 1 aliphatic heterocycles. The minimum Gasteiger partial charge on any atom is -0.490 e. The third kappa shape index (κ3) is 1.73. The normalized spacial score (nSPS) is 15.2. The van der Waals surface area contributed by atoms with Crippen molar-refractivity contribution in [1.82, 2.24) is 0 Å². The number of para-hydroxylation sites is 1.